The number of carboxylic acid groups (broad SMARTS) is 1. The van der Waals surface area contributed by atoms with Gasteiger partial charge in [-0.15, -0.1) is 10.2 Å². The number of nitrogens with one attached hydrogen (secondary N) is 1. The van der Waals surface area contributed by atoms with Crippen LogP contribution in [0.5, 0.6) is 0 Å². The van der Waals surface area contributed by atoms with Gasteiger partial charge in [-0.2, -0.15) is 0 Å². The van der Waals surface area contributed by atoms with Gasteiger partial charge in [-0.05, 0) is 12.1 Å². The summed E-state index contributed by atoms with van der Waals surface area (Å²) in [6, 6.07) is 8.93. The lowest BCUT2D eigenvalue weighted by atomic mass is 10.2. The highest BCUT2D eigenvalue weighted by atomic mass is 16.4. The largest absolute Gasteiger partial charge is 0.480 e. The molecule has 1 saturated heterocycles. The summed E-state index contributed by atoms with van der Waals surface area (Å²) in [5.41, 5.74) is 0.853. The van der Waals surface area contributed by atoms with Crippen molar-refractivity contribution in [1.82, 2.24) is 20.4 Å². The van der Waals surface area contributed by atoms with Gasteiger partial charge in [-0.3, -0.25) is 9.69 Å². The van der Waals surface area contributed by atoms with E-state index in [0.29, 0.717) is 31.4 Å². The van der Waals surface area contributed by atoms with Gasteiger partial charge in [0.25, 0.3) is 0 Å². The second-order valence-electron chi connectivity index (χ2n) is 4.90. The van der Waals surface area contributed by atoms with Crippen LogP contribution >= 0.6 is 0 Å². The monoisotopic (exact) mass is 288 g/mol. The summed E-state index contributed by atoms with van der Waals surface area (Å²) in [6.07, 6.45) is 0. The van der Waals surface area contributed by atoms with E-state index in [9.17, 15) is 9.90 Å². The molecular weight excluding hydrogens is 272 g/mol. The maximum atomic E-state index is 11.2. The highest BCUT2D eigenvalue weighted by Gasteiger charge is 2.29. The lowest BCUT2D eigenvalue weighted by molar-refractivity contribution is -0.144. The minimum Gasteiger partial charge on any atom is -0.480 e. The third-order valence-corrected chi connectivity index (χ3v) is 3.47. The maximum absolute atomic E-state index is 11.2. The van der Waals surface area contributed by atoms with Crippen LogP contribution < -0.4 is 5.32 Å². The lowest BCUT2D eigenvalue weighted by Crippen LogP contribution is -2.54. The average Bonchev–Trinajstić information content (AvgIpc) is 2.97. The van der Waals surface area contributed by atoms with Crippen molar-refractivity contribution in [3.05, 3.63) is 36.2 Å². The third kappa shape index (κ3) is 3.09. The van der Waals surface area contributed by atoms with Crippen LogP contribution in [0, 0.1) is 0 Å². The average molecular weight is 288 g/mol. The van der Waals surface area contributed by atoms with Crippen LogP contribution in [0.3, 0.4) is 0 Å². The van der Waals surface area contributed by atoms with Gasteiger partial charge in [0.15, 0.2) is 0 Å². The van der Waals surface area contributed by atoms with Gasteiger partial charge in [0.05, 0.1) is 6.54 Å². The molecule has 110 valence electrons. The highest BCUT2D eigenvalue weighted by Crippen LogP contribution is 2.18. The number of carboxylic acids is 1. The van der Waals surface area contributed by atoms with E-state index < -0.39 is 12.0 Å². The van der Waals surface area contributed by atoms with Crippen LogP contribution in [0.15, 0.2) is 34.7 Å². The summed E-state index contributed by atoms with van der Waals surface area (Å²) in [6.45, 7) is 2.16. The van der Waals surface area contributed by atoms with Crippen molar-refractivity contribution in [1.29, 1.82) is 0 Å². The standard InChI is InChI=1S/C14H16N4O3/c19-14(20)11-8-15-6-7-18(11)9-12-16-17-13(21-12)10-4-2-1-3-5-10/h1-5,11,15H,6-9H2,(H,19,20). The van der Waals surface area contributed by atoms with E-state index in [4.69, 9.17) is 4.42 Å². The first-order chi connectivity index (χ1) is 10.2. The normalized spacial score (nSPS) is 19.5. The minimum absolute atomic E-state index is 0.346. The Kier molecular flexibility index (Phi) is 3.94. The van der Waals surface area contributed by atoms with Gasteiger partial charge in [0.1, 0.15) is 6.04 Å². The first kappa shape index (κ1) is 13.7. The van der Waals surface area contributed by atoms with Crippen LogP contribution in [0.1, 0.15) is 5.89 Å². The molecule has 21 heavy (non-hydrogen) atoms. The molecule has 0 amide bonds. The van der Waals surface area contributed by atoms with E-state index in [0.717, 1.165) is 12.1 Å². The Morgan fingerprint density at radius 3 is 2.95 bits per heavy atom. The number of rotatable bonds is 4. The van der Waals surface area contributed by atoms with Crippen LogP contribution in [-0.2, 0) is 11.3 Å². The van der Waals surface area contributed by atoms with Crippen LogP contribution in [-0.4, -0.2) is 51.8 Å². The van der Waals surface area contributed by atoms with Crippen LogP contribution in [0.2, 0.25) is 0 Å². The minimum atomic E-state index is -0.843. The maximum Gasteiger partial charge on any atom is 0.322 e. The zero-order chi connectivity index (χ0) is 14.7. The number of piperazine rings is 1. The molecule has 1 aliphatic heterocycles. The Balaban J connectivity index is 1.73. The Bertz CT molecular complexity index is 614. The molecule has 1 aliphatic rings. The Morgan fingerprint density at radius 1 is 1.38 bits per heavy atom. The molecule has 1 aromatic heterocycles. The third-order valence-electron chi connectivity index (χ3n) is 3.47. The topological polar surface area (TPSA) is 91.5 Å². The first-order valence-corrected chi connectivity index (χ1v) is 6.79. The zero-order valence-electron chi connectivity index (χ0n) is 11.4. The molecule has 2 heterocycles. The number of hydrogen-bond donors (Lipinski definition) is 2. The van der Waals surface area contributed by atoms with Gasteiger partial charge in [0.2, 0.25) is 11.8 Å². The van der Waals surface area contributed by atoms with Crippen molar-refractivity contribution < 1.29 is 14.3 Å². The SMILES string of the molecule is O=C(O)C1CNCCN1Cc1nnc(-c2ccccc2)o1. The summed E-state index contributed by atoms with van der Waals surface area (Å²) in [5, 5.41) is 20.3. The molecule has 1 unspecified atom stereocenters. The van der Waals surface area contributed by atoms with Gasteiger partial charge >= 0.3 is 5.97 Å². The smallest absolute Gasteiger partial charge is 0.322 e. The number of aromatic nitrogens is 2. The molecule has 0 aliphatic carbocycles. The molecule has 3 rings (SSSR count). The van der Waals surface area contributed by atoms with Crippen LogP contribution in [0.25, 0.3) is 11.5 Å². The predicted molar refractivity (Wildman–Crippen MR) is 74.4 cm³/mol. The summed E-state index contributed by atoms with van der Waals surface area (Å²) in [7, 11) is 0. The van der Waals surface area contributed by atoms with Crippen molar-refractivity contribution >= 4 is 5.97 Å². The van der Waals surface area contributed by atoms with Gasteiger partial charge < -0.3 is 14.8 Å². The van der Waals surface area contributed by atoms with Gasteiger partial charge in [-0.25, -0.2) is 0 Å². The molecule has 1 aromatic carbocycles. The van der Waals surface area contributed by atoms with E-state index in [1.807, 2.05) is 35.2 Å². The van der Waals surface area contributed by atoms with E-state index in [1.54, 1.807) is 0 Å². The Morgan fingerprint density at radius 2 is 2.19 bits per heavy atom. The number of aliphatic carboxylic acids is 1. The molecule has 2 N–H and O–H groups in total. The molecular formula is C14H16N4O3. The molecule has 1 fully saturated rings. The highest BCUT2D eigenvalue weighted by molar-refractivity contribution is 5.73. The number of hydrogen-bond acceptors (Lipinski definition) is 6. The summed E-state index contributed by atoms with van der Waals surface area (Å²) in [5.74, 6) is 0.0413. The molecule has 0 bridgehead atoms. The second-order valence-corrected chi connectivity index (χ2v) is 4.90. The van der Waals surface area contributed by atoms with Crippen molar-refractivity contribution in [2.45, 2.75) is 12.6 Å². The Hall–Kier alpha value is -2.25. The molecule has 2 aromatic rings. The fourth-order valence-electron chi connectivity index (χ4n) is 2.37. The number of carbonyl (C=O) groups is 1. The van der Waals surface area contributed by atoms with Crippen molar-refractivity contribution in [2.24, 2.45) is 0 Å². The second kappa shape index (κ2) is 6.02. The van der Waals surface area contributed by atoms with E-state index in [-0.39, 0.29) is 0 Å². The summed E-state index contributed by atoms with van der Waals surface area (Å²) < 4.78 is 5.62. The van der Waals surface area contributed by atoms with E-state index in [2.05, 4.69) is 15.5 Å². The predicted octanol–water partition coefficient (Wildman–Crippen LogP) is 0.595. The van der Waals surface area contributed by atoms with Crippen molar-refractivity contribution in [3.8, 4) is 11.5 Å². The Labute approximate surface area is 121 Å². The van der Waals surface area contributed by atoms with Gasteiger partial charge in [0, 0.05) is 25.2 Å². The molecule has 7 heteroatoms. The van der Waals surface area contributed by atoms with Gasteiger partial charge in [-0.1, -0.05) is 18.2 Å². The summed E-state index contributed by atoms with van der Waals surface area (Å²) >= 11 is 0. The summed E-state index contributed by atoms with van der Waals surface area (Å²) in [4.78, 5) is 13.1. The molecule has 0 radical (unpaired) electrons. The van der Waals surface area contributed by atoms with Crippen LogP contribution in [0.4, 0.5) is 0 Å². The fraction of sp³-hybridized carbons (Fsp3) is 0.357. The molecule has 0 spiro atoms. The zero-order valence-corrected chi connectivity index (χ0v) is 11.4. The van der Waals surface area contributed by atoms with E-state index in [1.165, 1.54) is 0 Å². The van der Waals surface area contributed by atoms with Crippen molar-refractivity contribution in [2.75, 3.05) is 19.6 Å². The number of nitrogens with zero attached hydrogens (tertiary/aromatic N) is 3. The quantitative estimate of drug-likeness (QED) is 0.851. The van der Waals surface area contributed by atoms with E-state index >= 15 is 0 Å². The number of benzene rings is 1. The first-order valence-electron chi connectivity index (χ1n) is 6.79. The van der Waals surface area contributed by atoms with Crippen molar-refractivity contribution in [3.63, 3.8) is 0 Å². The molecule has 0 saturated carbocycles. The lowest BCUT2D eigenvalue weighted by Gasteiger charge is -2.32. The fourth-order valence-corrected chi connectivity index (χ4v) is 2.37. The molecule has 7 nitrogen and oxygen atoms in total. The molecule has 1 atom stereocenters.